The number of benzene rings is 1. The summed E-state index contributed by atoms with van der Waals surface area (Å²) in [6.07, 6.45) is 0.673. The van der Waals surface area contributed by atoms with Gasteiger partial charge in [-0.3, -0.25) is 4.79 Å². The Labute approximate surface area is 105 Å². The smallest absolute Gasteiger partial charge is 0.306 e. The molecule has 5 heteroatoms. The van der Waals surface area contributed by atoms with Crippen molar-refractivity contribution in [1.82, 2.24) is 0 Å². The van der Waals surface area contributed by atoms with Crippen LogP contribution in [0.25, 0.3) is 0 Å². The maximum Gasteiger partial charge on any atom is 0.306 e. The van der Waals surface area contributed by atoms with Crippen molar-refractivity contribution in [1.29, 1.82) is 0 Å². The minimum absolute atomic E-state index is 0.0807. The molecule has 0 heterocycles. The number of para-hydroxylation sites is 1. The highest BCUT2D eigenvalue weighted by atomic mass is 16.5. The molecule has 0 bridgehead atoms. The highest BCUT2D eigenvalue weighted by Crippen LogP contribution is 2.42. The zero-order valence-corrected chi connectivity index (χ0v) is 10.4. The monoisotopic (exact) mass is 252 g/mol. The van der Waals surface area contributed by atoms with E-state index in [1.165, 1.54) is 0 Å². The molecule has 0 amide bonds. The molecule has 0 spiro atoms. The number of ether oxygens (including phenoxy) is 3. The number of carboxylic acid groups (broad SMARTS) is 1. The van der Waals surface area contributed by atoms with E-state index in [9.17, 15) is 4.79 Å². The summed E-state index contributed by atoms with van der Waals surface area (Å²) in [7, 11) is 3.11. The average molecular weight is 252 g/mol. The molecule has 98 valence electrons. The van der Waals surface area contributed by atoms with Gasteiger partial charge in [0.15, 0.2) is 11.5 Å². The van der Waals surface area contributed by atoms with Crippen LogP contribution in [0.1, 0.15) is 6.42 Å². The minimum Gasteiger partial charge on any atom is -0.493 e. The summed E-state index contributed by atoms with van der Waals surface area (Å²) >= 11 is 0. The van der Waals surface area contributed by atoms with Crippen molar-refractivity contribution in [2.45, 2.75) is 6.42 Å². The number of carbonyl (C=O) groups is 1. The molecule has 5 nitrogen and oxygen atoms in total. The third-order valence-corrected chi connectivity index (χ3v) is 3.06. The van der Waals surface area contributed by atoms with Gasteiger partial charge in [0.1, 0.15) is 0 Å². The fraction of sp³-hybridized carbons (Fsp3) is 0.462. The van der Waals surface area contributed by atoms with Crippen LogP contribution in [0.3, 0.4) is 0 Å². The molecular weight excluding hydrogens is 236 g/mol. The van der Waals surface area contributed by atoms with E-state index < -0.39 is 5.97 Å². The molecule has 1 aliphatic rings. The zero-order valence-electron chi connectivity index (χ0n) is 10.4. The molecule has 1 aromatic carbocycles. The second kappa shape index (κ2) is 5.16. The lowest BCUT2D eigenvalue weighted by Gasteiger charge is -2.13. The summed E-state index contributed by atoms with van der Waals surface area (Å²) in [5.74, 6) is 0.751. The van der Waals surface area contributed by atoms with Gasteiger partial charge in [-0.15, -0.1) is 0 Å². The summed E-state index contributed by atoms with van der Waals surface area (Å²) in [5, 5.41) is 8.82. The lowest BCUT2D eigenvalue weighted by Crippen LogP contribution is -2.07. The molecule has 0 aromatic heterocycles. The van der Waals surface area contributed by atoms with Crippen LogP contribution in [0.4, 0.5) is 0 Å². The van der Waals surface area contributed by atoms with Crippen molar-refractivity contribution in [2.24, 2.45) is 11.8 Å². The second-order valence-electron chi connectivity index (χ2n) is 4.24. The molecule has 1 aliphatic carbocycles. The summed E-state index contributed by atoms with van der Waals surface area (Å²) in [5.41, 5.74) is 0. The first-order valence-corrected chi connectivity index (χ1v) is 5.74. The maximum atomic E-state index is 10.7. The van der Waals surface area contributed by atoms with E-state index in [4.69, 9.17) is 19.3 Å². The van der Waals surface area contributed by atoms with E-state index in [1.54, 1.807) is 26.4 Å². The zero-order chi connectivity index (χ0) is 13.1. The van der Waals surface area contributed by atoms with Gasteiger partial charge in [0, 0.05) is 5.92 Å². The van der Waals surface area contributed by atoms with Crippen LogP contribution in [0.15, 0.2) is 18.2 Å². The Balaban J connectivity index is 2.02. The third kappa shape index (κ3) is 2.50. The van der Waals surface area contributed by atoms with E-state index in [1.807, 2.05) is 6.07 Å². The quantitative estimate of drug-likeness (QED) is 0.836. The second-order valence-corrected chi connectivity index (χ2v) is 4.24. The number of carboxylic acids is 1. The first-order valence-electron chi connectivity index (χ1n) is 5.74. The van der Waals surface area contributed by atoms with Crippen molar-refractivity contribution in [3.63, 3.8) is 0 Å². The highest BCUT2D eigenvalue weighted by Gasteiger charge is 2.43. The Morgan fingerprint density at radius 3 is 2.39 bits per heavy atom. The molecule has 2 rings (SSSR count). The maximum absolute atomic E-state index is 10.7. The average Bonchev–Trinajstić information content (AvgIpc) is 3.15. The van der Waals surface area contributed by atoms with E-state index >= 15 is 0 Å². The number of hydrogen-bond donors (Lipinski definition) is 1. The standard InChI is InChI=1S/C13H16O5/c1-16-10-4-3-5-11(17-2)12(10)18-7-8-6-9(8)13(14)15/h3-5,8-9H,6-7H2,1-2H3,(H,14,15). The van der Waals surface area contributed by atoms with Gasteiger partial charge in [0.2, 0.25) is 5.75 Å². The Hall–Kier alpha value is -1.91. The van der Waals surface area contributed by atoms with Gasteiger partial charge in [-0.2, -0.15) is 0 Å². The van der Waals surface area contributed by atoms with Crippen LogP contribution >= 0.6 is 0 Å². The normalized spacial score (nSPS) is 21.2. The van der Waals surface area contributed by atoms with Crippen molar-refractivity contribution in [3.05, 3.63) is 18.2 Å². The number of hydrogen-bond acceptors (Lipinski definition) is 4. The van der Waals surface area contributed by atoms with Crippen LogP contribution < -0.4 is 14.2 Å². The summed E-state index contributed by atoms with van der Waals surface area (Å²) < 4.78 is 16.0. The molecule has 18 heavy (non-hydrogen) atoms. The molecule has 0 saturated heterocycles. The van der Waals surface area contributed by atoms with Gasteiger partial charge in [-0.05, 0) is 18.6 Å². The molecule has 1 fully saturated rings. The first-order chi connectivity index (χ1) is 8.67. The molecule has 2 unspecified atom stereocenters. The molecule has 1 aromatic rings. The van der Waals surface area contributed by atoms with Crippen LogP contribution in [-0.4, -0.2) is 31.9 Å². The Bertz CT molecular complexity index is 421. The summed E-state index contributed by atoms with van der Waals surface area (Å²) in [6, 6.07) is 5.36. The lowest BCUT2D eigenvalue weighted by molar-refractivity contribution is -0.138. The van der Waals surface area contributed by atoms with Gasteiger partial charge >= 0.3 is 5.97 Å². The molecule has 1 saturated carbocycles. The van der Waals surface area contributed by atoms with Crippen molar-refractivity contribution in [3.8, 4) is 17.2 Å². The van der Waals surface area contributed by atoms with Crippen molar-refractivity contribution in [2.75, 3.05) is 20.8 Å². The van der Waals surface area contributed by atoms with Crippen LogP contribution in [0.2, 0.25) is 0 Å². The largest absolute Gasteiger partial charge is 0.493 e. The van der Waals surface area contributed by atoms with E-state index in [-0.39, 0.29) is 11.8 Å². The highest BCUT2D eigenvalue weighted by molar-refractivity contribution is 5.73. The summed E-state index contributed by atoms with van der Waals surface area (Å²) in [6.45, 7) is 0.369. The molecule has 0 aliphatic heterocycles. The van der Waals surface area contributed by atoms with Gasteiger partial charge in [-0.25, -0.2) is 0 Å². The van der Waals surface area contributed by atoms with E-state index in [0.29, 0.717) is 30.3 Å². The van der Waals surface area contributed by atoms with E-state index in [2.05, 4.69) is 0 Å². The molecular formula is C13H16O5. The van der Waals surface area contributed by atoms with Gasteiger partial charge in [0.05, 0.1) is 26.7 Å². The molecule has 1 N–H and O–H groups in total. The minimum atomic E-state index is -0.754. The van der Waals surface area contributed by atoms with Crippen LogP contribution in [0, 0.1) is 11.8 Å². The summed E-state index contributed by atoms with van der Waals surface area (Å²) in [4.78, 5) is 10.7. The predicted molar refractivity (Wildman–Crippen MR) is 64.3 cm³/mol. The van der Waals surface area contributed by atoms with Gasteiger partial charge < -0.3 is 19.3 Å². The van der Waals surface area contributed by atoms with Crippen molar-refractivity contribution < 1.29 is 24.1 Å². The Morgan fingerprint density at radius 1 is 1.33 bits per heavy atom. The number of methoxy groups -OCH3 is 2. The number of aliphatic carboxylic acids is 1. The fourth-order valence-electron chi connectivity index (χ4n) is 1.88. The third-order valence-electron chi connectivity index (χ3n) is 3.06. The van der Waals surface area contributed by atoms with Gasteiger partial charge in [0.25, 0.3) is 0 Å². The SMILES string of the molecule is COc1cccc(OC)c1OCC1CC1C(=O)O. The molecule has 0 radical (unpaired) electrons. The van der Waals surface area contributed by atoms with Gasteiger partial charge in [-0.1, -0.05) is 6.07 Å². The fourth-order valence-corrected chi connectivity index (χ4v) is 1.88. The topological polar surface area (TPSA) is 65.0 Å². The first kappa shape index (κ1) is 12.5. The lowest BCUT2D eigenvalue weighted by atomic mass is 10.3. The Kier molecular flexibility index (Phi) is 3.60. The van der Waals surface area contributed by atoms with Crippen molar-refractivity contribution >= 4 is 5.97 Å². The van der Waals surface area contributed by atoms with Crippen LogP contribution in [0.5, 0.6) is 17.2 Å². The molecule has 2 atom stereocenters. The Morgan fingerprint density at radius 2 is 1.94 bits per heavy atom. The van der Waals surface area contributed by atoms with E-state index in [0.717, 1.165) is 0 Å². The van der Waals surface area contributed by atoms with Crippen LogP contribution in [-0.2, 0) is 4.79 Å². The number of rotatable bonds is 6. The predicted octanol–water partition coefficient (Wildman–Crippen LogP) is 1.80.